The molecule has 1 rings (SSSR count). The number of nitro groups is 1. The zero-order valence-corrected chi connectivity index (χ0v) is 8.14. The summed E-state index contributed by atoms with van der Waals surface area (Å²) >= 11 is 0. The van der Waals surface area contributed by atoms with Gasteiger partial charge in [0, 0.05) is 6.07 Å². The van der Waals surface area contributed by atoms with Gasteiger partial charge in [0.1, 0.15) is 5.69 Å². The van der Waals surface area contributed by atoms with Crippen LogP contribution < -0.4 is 11.1 Å². The summed E-state index contributed by atoms with van der Waals surface area (Å²) in [5, 5.41) is 13.0. The fraction of sp³-hybridized carbons (Fsp3) is 0.222. The number of amides is 1. The van der Waals surface area contributed by atoms with Crippen LogP contribution in [0, 0.1) is 10.1 Å². The van der Waals surface area contributed by atoms with Crippen molar-refractivity contribution in [2.24, 2.45) is 5.73 Å². The van der Waals surface area contributed by atoms with Crippen molar-refractivity contribution in [3.05, 3.63) is 34.4 Å². The number of nitrogens with two attached hydrogens (primary N) is 1. The van der Waals surface area contributed by atoms with Crippen LogP contribution in [0.4, 0.5) is 11.4 Å². The van der Waals surface area contributed by atoms with Gasteiger partial charge in [-0.1, -0.05) is 12.1 Å². The SMILES string of the molecule is CC(N)C(=O)Nc1ccccc1[N+](=O)[O-]. The average molecular weight is 209 g/mol. The van der Waals surface area contributed by atoms with Gasteiger partial charge in [-0.25, -0.2) is 0 Å². The molecule has 3 N–H and O–H groups in total. The second-order valence-electron chi connectivity index (χ2n) is 3.05. The standard InChI is InChI=1S/C9H11N3O3/c1-6(10)9(13)11-7-4-2-3-5-8(7)12(14)15/h2-6H,10H2,1H3,(H,11,13). The van der Waals surface area contributed by atoms with Crippen molar-refractivity contribution in [1.82, 2.24) is 0 Å². The highest BCUT2D eigenvalue weighted by Gasteiger charge is 2.16. The molecule has 1 amide bonds. The largest absolute Gasteiger partial charge is 0.320 e. The summed E-state index contributed by atoms with van der Waals surface area (Å²) in [7, 11) is 0. The number of benzene rings is 1. The van der Waals surface area contributed by atoms with Gasteiger partial charge in [0.15, 0.2) is 0 Å². The second-order valence-corrected chi connectivity index (χ2v) is 3.05. The smallest absolute Gasteiger partial charge is 0.292 e. The minimum atomic E-state index is -0.704. The Morgan fingerprint density at radius 1 is 1.53 bits per heavy atom. The monoisotopic (exact) mass is 209 g/mol. The molecule has 0 fully saturated rings. The van der Waals surface area contributed by atoms with Crippen molar-refractivity contribution in [3.63, 3.8) is 0 Å². The molecule has 15 heavy (non-hydrogen) atoms. The molecule has 6 heteroatoms. The lowest BCUT2D eigenvalue weighted by Gasteiger charge is -2.07. The number of nitrogens with one attached hydrogen (secondary N) is 1. The van der Waals surface area contributed by atoms with Crippen LogP contribution in [-0.4, -0.2) is 16.9 Å². The third-order valence-corrected chi connectivity index (χ3v) is 1.77. The lowest BCUT2D eigenvalue weighted by atomic mass is 10.2. The van der Waals surface area contributed by atoms with Crippen LogP contribution >= 0.6 is 0 Å². The maximum absolute atomic E-state index is 11.2. The van der Waals surface area contributed by atoms with Gasteiger partial charge in [0.2, 0.25) is 5.91 Å². The molecule has 0 saturated heterocycles. The third kappa shape index (κ3) is 2.75. The topological polar surface area (TPSA) is 98.3 Å². The van der Waals surface area contributed by atoms with E-state index in [2.05, 4.69) is 5.32 Å². The van der Waals surface area contributed by atoms with Crippen molar-refractivity contribution >= 4 is 17.3 Å². The minimum absolute atomic E-state index is 0.147. The summed E-state index contributed by atoms with van der Waals surface area (Å²) in [6.45, 7) is 1.50. The molecule has 80 valence electrons. The number of nitro benzene ring substituents is 1. The van der Waals surface area contributed by atoms with Gasteiger partial charge < -0.3 is 11.1 Å². The van der Waals surface area contributed by atoms with Crippen LogP contribution in [0.1, 0.15) is 6.92 Å². The molecular formula is C9H11N3O3. The summed E-state index contributed by atoms with van der Waals surface area (Å²) in [6.07, 6.45) is 0. The normalized spacial score (nSPS) is 11.9. The van der Waals surface area contributed by atoms with Gasteiger partial charge in [0.25, 0.3) is 5.69 Å². The molecule has 1 aromatic carbocycles. The first-order valence-corrected chi connectivity index (χ1v) is 4.32. The van der Waals surface area contributed by atoms with Gasteiger partial charge in [-0.2, -0.15) is 0 Å². The van der Waals surface area contributed by atoms with E-state index in [4.69, 9.17) is 5.73 Å². The molecule has 0 aromatic heterocycles. The number of carbonyl (C=O) groups is 1. The molecule has 1 atom stereocenters. The fourth-order valence-corrected chi connectivity index (χ4v) is 0.985. The Balaban J connectivity index is 2.94. The van der Waals surface area contributed by atoms with E-state index in [0.29, 0.717) is 0 Å². The molecule has 0 saturated carbocycles. The molecule has 1 aromatic rings. The van der Waals surface area contributed by atoms with Gasteiger partial charge >= 0.3 is 0 Å². The lowest BCUT2D eigenvalue weighted by molar-refractivity contribution is -0.383. The van der Waals surface area contributed by atoms with E-state index in [9.17, 15) is 14.9 Å². The van der Waals surface area contributed by atoms with E-state index >= 15 is 0 Å². The number of para-hydroxylation sites is 2. The predicted octanol–water partition coefficient (Wildman–Crippen LogP) is 0.880. The summed E-state index contributed by atoms with van der Waals surface area (Å²) in [4.78, 5) is 21.3. The van der Waals surface area contributed by atoms with Crippen molar-refractivity contribution in [1.29, 1.82) is 0 Å². The van der Waals surface area contributed by atoms with E-state index in [1.165, 1.54) is 25.1 Å². The lowest BCUT2D eigenvalue weighted by Crippen LogP contribution is -2.32. The molecule has 1 unspecified atom stereocenters. The van der Waals surface area contributed by atoms with Gasteiger partial charge in [0.05, 0.1) is 11.0 Å². The Bertz CT molecular complexity index is 390. The fourth-order valence-electron chi connectivity index (χ4n) is 0.985. The zero-order chi connectivity index (χ0) is 11.4. The first kappa shape index (κ1) is 11.1. The minimum Gasteiger partial charge on any atom is -0.320 e. The van der Waals surface area contributed by atoms with Crippen LogP contribution in [0.25, 0.3) is 0 Å². The molecule has 0 spiro atoms. The van der Waals surface area contributed by atoms with E-state index in [1.807, 2.05) is 0 Å². The van der Waals surface area contributed by atoms with Gasteiger partial charge in [-0.05, 0) is 13.0 Å². The van der Waals surface area contributed by atoms with Gasteiger partial charge in [-0.15, -0.1) is 0 Å². The number of anilines is 1. The Hall–Kier alpha value is -1.95. The van der Waals surface area contributed by atoms with Crippen LogP contribution in [0.5, 0.6) is 0 Å². The van der Waals surface area contributed by atoms with E-state index in [-0.39, 0.29) is 11.4 Å². The summed E-state index contributed by atoms with van der Waals surface area (Å²) in [5.41, 5.74) is 5.34. The van der Waals surface area contributed by atoms with Crippen LogP contribution in [0.3, 0.4) is 0 Å². The molecule has 0 aliphatic heterocycles. The molecule has 0 aliphatic rings. The van der Waals surface area contributed by atoms with E-state index in [1.54, 1.807) is 6.07 Å². The average Bonchev–Trinajstić information content (AvgIpc) is 2.18. The summed E-state index contributed by atoms with van der Waals surface area (Å²) in [6, 6.07) is 5.20. The third-order valence-electron chi connectivity index (χ3n) is 1.77. The summed E-state index contributed by atoms with van der Waals surface area (Å²) < 4.78 is 0. The number of nitrogens with zero attached hydrogens (tertiary/aromatic N) is 1. The quantitative estimate of drug-likeness (QED) is 0.570. The van der Waals surface area contributed by atoms with Crippen molar-refractivity contribution < 1.29 is 9.72 Å². The van der Waals surface area contributed by atoms with Crippen LogP contribution in [0.15, 0.2) is 24.3 Å². The molecule has 0 aliphatic carbocycles. The Morgan fingerprint density at radius 3 is 2.67 bits per heavy atom. The molecular weight excluding hydrogens is 198 g/mol. The van der Waals surface area contributed by atoms with E-state index in [0.717, 1.165) is 0 Å². The predicted molar refractivity (Wildman–Crippen MR) is 55.4 cm³/mol. The first-order valence-electron chi connectivity index (χ1n) is 4.32. The maximum atomic E-state index is 11.2. The Kier molecular flexibility index (Phi) is 3.35. The first-order chi connectivity index (χ1) is 7.02. The van der Waals surface area contributed by atoms with Crippen molar-refractivity contribution in [2.75, 3.05) is 5.32 Å². The van der Waals surface area contributed by atoms with Gasteiger partial charge in [-0.3, -0.25) is 14.9 Å². The van der Waals surface area contributed by atoms with Crippen LogP contribution in [0.2, 0.25) is 0 Å². The molecule has 0 radical (unpaired) electrons. The Morgan fingerprint density at radius 2 is 2.13 bits per heavy atom. The number of rotatable bonds is 3. The number of carbonyl (C=O) groups excluding carboxylic acids is 1. The highest BCUT2D eigenvalue weighted by molar-refractivity contribution is 5.96. The number of hydrogen-bond acceptors (Lipinski definition) is 4. The van der Waals surface area contributed by atoms with Crippen LogP contribution in [-0.2, 0) is 4.79 Å². The zero-order valence-electron chi connectivity index (χ0n) is 8.14. The van der Waals surface area contributed by atoms with E-state index < -0.39 is 16.9 Å². The van der Waals surface area contributed by atoms with Crippen molar-refractivity contribution in [3.8, 4) is 0 Å². The molecule has 6 nitrogen and oxygen atoms in total. The number of hydrogen-bond donors (Lipinski definition) is 2. The summed E-state index contributed by atoms with van der Waals surface area (Å²) in [5.74, 6) is -0.454. The second kappa shape index (κ2) is 4.52. The Labute approximate surface area is 86.2 Å². The van der Waals surface area contributed by atoms with Crippen molar-refractivity contribution in [2.45, 2.75) is 13.0 Å². The molecule has 0 heterocycles. The highest BCUT2D eigenvalue weighted by Crippen LogP contribution is 2.22. The maximum Gasteiger partial charge on any atom is 0.292 e. The molecule has 0 bridgehead atoms. The highest BCUT2D eigenvalue weighted by atomic mass is 16.6.